The summed E-state index contributed by atoms with van der Waals surface area (Å²) in [6.45, 7) is 2.26. The first kappa shape index (κ1) is 16.1. The first-order valence-corrected chi connectivity index (χ1v) is 7.71. The summed E-state index contributed by atoms with van der Waals surface area (Å²) >= 11 is 0. The summed E-state index contributed by atoms with van der Waals surface area (Å²) in [6.07, 6.45) is 15.2. The molecular weight excluding hydrogens is 234 g/mol. The number of unbranched alkanes of at least 4 members (excludes halogenated alkanes) is 5. The number of nitrogens with zero attached hydrogens (tertiary/aromatic N) is 1. The lowest BCUT2D eigenvalue weighted by molar-refractivity contribution is 0.438. The second kappa shape index (κ2) is 10.9. The minimum absolute atomic E-state index is 0.436. The number of nitrogens with one attached hydrogen (secondary N) is 1. The van der Waals surface area contributed by atoms with Crippen molar-refractivity contribution in [3.63, 3.8) is 0 Å². The average molecular weight is 263 g/mol. The Kier molecular flexibility index (Phi) is 9.29. The van der Waals surface area contributed by atoms with Crippen molar-refractivity contribution in [1.29, 1.82) is 0 Å². The molecule has 1 unspecified atom stereocenters. The molecule has 0 fully saturated rings. The molecule has 1 aromatic heterocycles. The molecule has 1 rings (SSSR count). The van der Waals surface area contributed by atoms with E-state index in [4.69, 9.17) is 5.84 Å². The third-order valence-electron chi connectivity index (χ3n) is 3.65. The van der Waals surface area contributed by atoms with Gasteiger partial charge in [0.15, 0.2) is 0 Å². The lowest BCUT2D eigenvalue weighted by Gasteiger charge is -2.15. The van der Waals surface area contributed by atoms with Crippen LogP contribution in [0.25, 0.3) is 0 Å². The average Bonchev–Trinajstić information content (AvgIpc) is 2.47. The zero-order valence-corrected chi connectivity index (χ0v) is 12.3. The van der Waals surface area contributed by atoms with Gasteiger partial charge in [-0.25, -0.2) is 0 Å². The highest BCUT2D eigenvalue weighted by atomic mass is 15.2. The van der Waals surface area contributed by atoms with Crippen LogP contribution in [-0.2, 0) is 6.42 Å². The van der Waals surface area contributed by atoms with Crippen molar-refractivity contribution in [1.82, 2.24) is 10.4 Å². The largest absolute Gasteiger partial charge is 0.271 e. The Balaban J connectivity index is 2.09. The van der Waals surface area contributed by atoms with Crippen molar-refractivity contribution >= 4 is 0 Å². The van der Waals surface area contributed by atoms with Crippen molar-refractivity contribution < 1.29 is 0 Å². The fraction of sp³-hybridized carbons (Fsp3) is 0.688. The minimum atomic E-state index is 0.436. The van der Waals surface area contributed by atoms with E-state index >= 15 is 0 Å². The second-order valence-corrected chi connectivity index (χ2v) is 5.32. The van der Waals surface area contributed by atoms with Crippen LogP contribution in [-0.4, -0.2) is 11.0 Å². The van der Waals surface area contributed by atoms with Gasteiger partial charge in [-0.05, 0) is 30.9 Å². The Morgan fingerprint density at radius 1 is 1.16 bits per heavy atom. The van der Waals surface area contributed by atoms with Gasteiger partial charge in [-0.1, -0.05) is 51.5 Å². The summed E-state index contributed by atoms with van der Waals surface area (Å²) in [5.74, 6) is 5.63. The van der Waals surface area contributed by atoms with E-state index in [1.165, 1.54) is 50.5 Å². The standard InChI is InChI=1S/C16H29N3/c1-2-3-4-5-6-7-10-16(19-17)12-11-15-9-8-13-18-14-15/h8-9,13-14,16,19H,2-7,10-12,17H2,1H3. The van der Waals surface area contributed by atoms with Crippen LogP contribution in [0.3, 0.4) is 0 Å². The third kappa shape index (κ3) is 7.96. The van der Waals surface area contributed by atoms with Crippen molar-refractivity contribution in [2.24, 2.45) is 5.84 Å². The maximum absolute atomic E-state index is 5.63. The summed E-state index contributed by atoms with van der Waals surface area (Å²) in [5.41, 5.74) is 4.25. The third-order valence-corrected chi connectivity index (χ3v) is 3.65. The zero-order chi connectivity index (χ0) is 13.8. The molecule has 108 valence electrons. The van der Waals surface area contributed by atoms with Crippen LogP contribution in [0.1, 0.15) is 63.9 Å². The molecule has 0 spiro atoms. The van der Waals surface area contributed by atoms with E-state index < -0.39 is 0 Å². The quantitative estimate of drug-likeness (QED) is 0.364. The predicted octanol–water partition coefficient (Wildman–Crippen LogP) is 3.60. The van der Waals surface area contributed by atoms with Crippen LogP contribution in [0.2, 0.25) is 0 Å². The molecule has 1 aromatic rings. The lowest BCUT2D eigenvalue weighted by atomic mass is 10.0. The highest BCUT2D eigenvalue weighted by Gasteiger charge is 2.06. The Morgan fingerprint density at radius 2 is 1.95 bits per heavy atom. The number of hydrazine groups is 1. The van der Waals surface area contributed by atoms with E-state index in [0.717, 1.165) is 12.8 Å². The number of aromatic nitrogens is 1. The maximum atomic E-state index is 5.63. The highest BCUT2D eigenvalue weighted by Crippen LogP contribution is 2.11. The predicted molar refractivity (Wildman–Crippen MR) is 81.7 cm³/mol. The van der Waals surface area contributed by atoms with Crippen LogP contribution >= 0.6 is 0 Å². The molecule has 3 heteroatoms. The van der Waals surface area contributed by atoms with Crippen LogP contribution in [0.15, 0.2) is 24.5 Å². The van der Waals surface area contributed by atoms with Crippen LogP contribution in [0.4, 0.5) is 0 Å². The minimum Gasteiger partial charge on any atom is -0.271 e. The molecule has 19 heavy (non-hydrogen) atoms. The molecule has 0 aliphatic heterocycles. The van der Waals surface area contributed by atoms with Gasteiger partial charge in [-0.15, -0.1) is 0 Å². The first-order valence-electron chi connectivity index (χ1n) is 7.71. The molecule has 1 heterocycles. The molecule has 1 atom stereocenters. The first-order chi connectivity index (χ1) is 9.36. The molecule has 0 aliphatic rings. The fourth-order valence-electron chi connectivity index (χ4n) is 2.37. The van der Waals surface area contributed by atoms with Crippen LogP contribution < -0.4 is 11.3 Å². The second-order valence-electron chi connectivity index (χ2n) is 5.32. The van der Waals surface area contributed by atoms with Gasteiger partial charge in [0, 0.05) is 18.4 Å². The highest BCUT2D eigenvalue weighted by molar-refractivity contribution is 5.08. The summed E-state index contributed by atoms with van der Waals surface area (Å²) in [7, 11) is 0. The van der Waals surface area contributed by atoms with E-state index in [2.05, 4.69) is 23.4 Å². The Morgan fingerprint density at radius 3 is 2.63 bits per heavy atom. The number of hydrogen-bond donors (Lipinski definition) is 2. The lowest BCUT2D eigenvalue weighted by Crippen LogP contribution is -2.35. The molecule has 3 nitrogen and oxygen atoms in total. The topological polar surface area (TPSA) is 50.9 Å². The van der Waals surface area contributed by atoms with Crippen molar-refractivity contribution in [3.8, 4) is 0 Å². The zero-order valence-electron chi connectivity index (χ0n) is 12.3. The molecule has 0 bridgehead atoms. The van der Waals surface area contributed by atoms with E-state index in [0.29, 0.717) is 6.04 Å². The normalized spacial score (nSPS) is 12.5. The van der Waals surface area contributed by atoms with E-state index in [1.54, 1.807) is 0 Å². The monoisotopic (exact) mass is 263 g/mol. The van der Waals surface area contributed by atoms with Crippen LogP contribution in [0.5, 0.6) is 0 Å². The summed E-state index contributed by atoms with van der Waals surface area (Å²) < 4.78 is 0. The summed E-state index contributed by atoms with van der Waals surface area (Å²) in [6, 6.07) is 4.56. The number of rotatable bonds is 11. The van der Waals surface area contributed by atoms with Crippen LogP contribution in [0, 0.1) is 0 Å². The number of aryl methyl sites for hydroxylation is 1. The molecule has 0 aromatic carbocycles. The number of nitrogens with two attached hydrogens (primary N) is 1. The van der Waals surface area contributed by atoms with E-state index in [9.17, 15) is 0 Å². The van der Waals surface area contributed by atoms with Crippen molar-refractivity contribution in [3.05, 3.63) is 30.1 Å². The molecule has 0 aliphatic carbocycles. The summed E-state index contributed by atoms with van der Waals surface area (Å²) in [4.78, 5) is 4.14. The smallest absolute Gasteiger partial charge is 0.0299 e. The van der Waals surface area contributed by atoms with Gasteiger partial charge in [0.25, 0.3) is 0 Å². The van der Waals surface area contributed by atoms with Gasteiger partial charge in [-0.2, -0.15) is 0 Å². The van der Waals surface area contributed by atoms with Gasteiger partial charge in [0.1, 0.15) is 0 Å². The summed E-state index contributed by atoms with van der Waals surface area (Å²) in [5, 5.41) is 0. The van der Waals surface area contributed by atoms with Gasteiger partial charge in [0.05, 0.1) is 0 Å². The fourth-order valence-corrected chi connectivity index (χ4v) is 2.37. The number of hydrogen-bond acceptors (Lipinski definition) is 3. The van der Waals surface area contributed by atoms with Gasteiger partial charge in [0.2, 0.25) is 0 Å². The molecule has 0 saturated heterocycles. The van der Waals surface area contributed by atoms with Gasteiger partial charge < -0.3 is 0 Å². The van der Waals surface area contributed by atoms with E-state index in [1.807, 2.05) is 18.5 Å². The van der Waals surface area contributed by atoms with Gasteiger partial charge >= 0.3 is 0 Å². The van der Waals surface area contributed by atoms with Crippen molar-refractivity contribution in [2.45, 2.75) is 70.8 Å². The number of pyridine rings is 1. The molecular formula is C16H29N3. The van der Waals surface area contributed by atoms with Gasteiger partial charge in [-0.3, -0.25) is 16.3 Å². The molecule has 3 N–H and O–H groups in total. The molecule has 0 amide bonds. The Bertz CT molecular complexity index is 300. The maximum Gasteiger partial charge on any atom is 0.0299 e. The van der Waals surface area contributed by atoms with E-state index in [-0.39, 0.29) is 0 Å². The Hall–Kier alpha value is -0.930. The Labute approximate surface area is 118 Å². The van der Waals surface area contributed by atoms with Crippen molar-refractivity contribution in [2.75, 3.05) is 0 Å². The molecule has 0 saturated carbocycles. The molecule has 0 radical (unpaired) electrons. The SMILES string of the molecule is CCCCCCCCC(CCc1cccnc1)NN.